The molecule has 0 saturated carbocycles. The second kappa shape index (κ2) is 5.09. The van der Waals surface area contributed by atoms with E-state index in [-0.39, 0.29) is 5.41 Å². The molecule has 102 valence electrons. The van der Waals surface area contributed by atoms with Crippen molar-refractivity contribution in [3.8, 4) is 0 Å². The van der Waals surface area contributed by atoms with Crippen LogP contribution < -0.4 is 11.3 Å². The van der Waals surface area contributed by atoms with Gasteiger partial charge in [-0.05, 0) is 33.5 Å². The lowest BCUT2D eigenvalue weighted by Gasteiger charge is -2.22. The van der Waals surface area contributed by atoms with Crippen LogP contribution in [0.15, 0.2) is 16.6 Å². The average molecular weight is 363 g/mol. The van der Waals surface area contributed by atoms with Crippen LogP contribution in [0.2, 0.25) is 10.0 Å². The first-order chi connectivity index (χ1) is 8.75. The van der Waals surface area contributed by atoms with Crippen LogP contribution in [0.5, 0.6) is 0 Å². The molecule has 1 heterocycles. The van der Waals surface area contributed by atoms with E-state index in [0.29, 0.717) is 21.4 Å². The fourth-order valence-electron chi connectivity index (χ4n) is 1.91. The van der Waals surface area contributed by atoms with Crippen molar-refractivity contribution >= 4 is 55.9 Å². The number of pyridine rings is 1. The fourth-order valence-corrected chi connectivity index (χ4v) is 2.86. The topological polar surface area (TPSA) is 50.9 Å². The Bertz CT molecular complexity index is 651. The second-order valence-corrected chi connectivity index (χ2v) is 6.95. The highest BCUT2D eigenvalue weighted by atomic mass is 79.9. The van der Waals surface area contributed by atoms with Crippen molar-refractivity contribution in [1.82, 2.24) is 4.98 Å². The van der Waals surface area contributed by atoms with E-state index >= 15 is 0 Å². The molecule has 0 bridgehead atoms. The molecule has 0 spiro atoms. The van der Waals surface area contributed by atoms with Crippen LogP contribution in [-0.4, -0.2) is 4.98 Å². The number of hydrogen-bond acceptors (Lipinski definition) is 3. The molecule has 0 aliphatic rings. The van der Waals surface area contributed by atoms with E-state index < -0.39 is 0 Å². The molecule has 2 aromatic rings. The van der Waals surface area contributed by atoms with Gasteiger partial charge in [0.05, 0.1) is 15.6 Å². The fraction of sp³-hybridized carbons (Fsp3) is 0.308. The number of benzene rings is 1. The minimum Gasteiger partial charge on any atom is -0.308 e. The van der Waals surface area contributed by atoms with Gasteiger partial charge < -0.3 is 5.43 Å². The molecule has 0 amide bonds. The minimum absolute atomic E-state index is 0.0819. The number of nitrogens with zero attached hydrogens (tertiary/aromatic N) is 1. The standard InChI is InChI=1S/C13H14BrCl2N3/c1-13(2,3)7-4-6-5-8(14)9(15)10(16)11(6)18-12(7)19-17/h4-5H,17H2,1-3H3,(H,18,19). The van der Waals surface area contributed by atoms with Gasteiger partial charge in [-0.15, -0.1) is 0 Å². The van der Waals surface area contributed by atoms with Crippen LogP contribution in [-0.2, 0) is 5.41 Å². The molecule has 1 aromatic carbocycles. The van der Waals surface area contributed by atoms with Gasteiger partial charge in [-0.25, -0.2) is 10.8 Å². The van der Waals surface area contributed by atoms with E-state index in [0.717, 1.165) is 15.4 Å². The number of anilines is 1. The molecule has 2 rings (SSSR count). The van der Waals surface area contributed by atoms with E-state index in [4.69, 9.17) is 29.0 Å². The summed E-state index contributed by atoms with van der Waals surface area (Å²) in [5, 5.41) is 1.79. The highest BCUT2D eigenvalue weighted by Crippen LogP contribution is 2.39. The van der Waals surface area contributed by atoms with Crippen LogP contribution >= 0.6 is 39.1 Å². The van der Waals surface area contributed by atoms with Gasteiger partial charge in [-0.2, -0.15) is 0 Å². The molecule has 19 heavy (non-hydrogen) atoms. The first-order valence-electron chi connectivity index (χ1n) is 5.71. The number of nitrogens with one attached hydrogen (secondary N) is 1. The van der Waals surface area contributed by atoms with Crippen molar-refractivity contribution in [2.24, 2.45) is 5.84 Å². The summed E-state index contributed by atoms with van der Waals surface area (Å²) < 4.78 is 0.752. The second-order valence-electron chi connectivity index (χ2n) is 5.34. The molecule has 0 aliphatic carbocycles. The maximum Gasteiger partial charge on any atom is 0.144 e. The summed E-state index contributed by atoms with van der Waals surface area (Å²) in [5.41, 5.74) is 4.21. The minimum atomic E-state index is -0.0819. The maximum absolute atomic E-state index is 6.23. The van der Waals surface area contributed by atoms with E-state index in [9.17, 15) is 0 Å². The maximum atomic E-state index is 6.23. The predicted octanol–water partition coefficient (Wildman–Crippen LogP) is 4.89. The van der Waals surface area contributed by atoms with Crippen molar-refractivity contribution < 1.29 is 0 Å². The molecular weight excluding hydrogens is 349 g/mol. The van der Waals surface area contributed by atoms with Crippen molar-refractivity contribution in [3.63, 3.8) is 0 Å². The van der Waals surface area contributed by atoms with Crippen LogP contribution in [0.4, 0.5) is 5.82 Å². The SMILES string of the molecule is CC(C)(C)c1cc2cc(Br)c(Cl)c(Cl)c2nc1NN. The van der Waals surface area contributed by atoms with Gasteiger partial charge in [0.15, 0.2) is 0 Å². The van der Waals surface area contributed by atoms with Gasteiger partial charge in [0.2, 0.25) is 0 Å². The Morgan fingerprint density at radius 3 is 2.37 bits per heavy atom. The van der Waals surface area contributed by atoms with Gasteiger partial charge in [0.25, 0.3) is 0 Å². The van der Waals surface area contributed by atoms with E-state index in [1.807, 2.05) is 12.1 Å². The van der Waals surface area contributed by atoms with Crippen molar-refractivity contribution in [3.05, 3.63) is 32.2 Å². The Labute approximate surface area is 130 Å². The Hall–Kier alpha value is -0.550. The monoisotopic (exact) mass is 361 g/mol. The lowest BCUT2D eigenvalue weighted by atomic mass is 9.86. The Kier molecular flexibility index (Phi) is 3.98. The highest BCUT2D eigenvalue weighted by molar-refractivity contribution is 9.10. The number of halogens is 3. The van der Waals surface area contributed by atoms with Crippen LogP contribution in [0.25, 0.3) is 10.9 Å². The molecule has 0 fully saturated rings. The van der Waals surface area contributed by atoms with Gasteiger partial charge in [0.1, 0.15) is 5.82 Å². The molecule has 0 radical (unpaired) electrons. The normalized spacial score (nSPS) is 11.9. The van der Waals surface area contributed by atoms with Crippen LogP contribution in [0.1, 0.15) is 26.3 Å². The Morgan fingerprint density at radius 1 is 1.21 bits per heavy atom. The predicted molar refractivity (Wildman–Crippen MR) is 86.0 cm³/mol. The third-order valence-electron chi connectivity index (χ3n) is 2.89. The smallest absolute Gasteiger partial charge is 0.144 e. The lowest BCUT2D eigenvalue weighted by Crippen LogP contribution is -2.19. The quantitative estimate of drug-likeness (QED) is 0.431. The van der Waals surface area contributed by atoms with E-state index in [1.54, 1.807) is 0 Å². The van der Waals surface area contributed by atoms with Crippen molar-refractivity contribution in [2.75, 3.05) is 5.43 Å². The van der Waals surface area contributed by atoms with Crippen molar-refractivity contribution in [1.29, 1.82) is 0 Å². The first-order valence-corrected chi connectivity index (χ1v) is 7.26. The van der Waals surface area contributed by atoms with E-state index in [2.05, 4.69) is 47.1 Å². The van der Waals surface area contributed by atoms with Gasteiger partial charge in [-0.1, -0.05) is 44.0 Å². The molecule has 3 nitrogen and oxygen atoms in total. The summed E-state index contributed by atoms with van der Waals surface area (Å²) >= 11 is 15.7. The summed E-state index contributed by atoms with van der Waals surface area (Å²) in [6.07, 6.45) is 0. The number of rotatable bonds is 1. The number of hydrazine groups is 1. The molecule has 0 atom stereocenters. The van der Waals surface area contributed by atoms with Gasteiger partial charge in [-0.3, -0.25) is 0 Å². The molecule has 0 unspecified atom stereocenters. The summed E-state index contributed by atoms with van der Waals surface area (Å²) in [6.45, 7) is 6.30. The third-order valence-corrected chi connectivity index (χ3v) is 4.60. The molecule has 0 aliphatic heterocycles. The van der Waals surface area contributed by atoms with Crippen molar-refractivity contribution in [2.45, 2.75) is 26.2 Å². The van der Waals surface area contributed by atoms with Crippen LogP contribution in [0.3, 0.4) is 0 Å². The number of nitrogens with two attached hydrogens (primary N) is 1. The molecule has 0 saturated heterocycles. The Balaban J connectivity index is 2.86. The number of aromatic nitrogens is 1. The third kappa shape index (κ3) is 2.68. The summed E-state index contributed by atoms with van der Waals surface area (Å²) in [7, 11) is 0. The molecular formula is C13H14BrCl2N3. The molecule has 3 N–H and O–H groups in total. The van der Waals surface area contributed by atoms with Gasteiger partial charge >= 0.3 is 0 Å². The summed E-state index contributed by atoms with van der Waals surface area (Å²) in [4.78, 5) is 4.49. The van der Waals surface area contributed by atoms with E-state index in [1.165, 1.54) is 0 Å². The zero-order valence-corrected chi connectivity index (χ0v) is 13.9. The largest absolute Gasteiger partial charge is 0.308 e. The molecule has 1 aromatic heterocycles. The lowest BCUT2D eigenvalue weighted by molar-refractivity contribution is 0.590. The van der Waals surface area contributed by atoms with Gasteiger partial charge in [0, 0.05) is 15.4 Å². The Morgan fingerprint density at radius 2 is 1.84 bits per heavy atom. The summed E-state index contributed by atoms with van der Waals surface area (Å²) in [6, 6.07) is 3.94. The zero-order chi connectivity index (χ0) is 14.4. The molecule has 6 heteroatoms. The number of hydrogen-bond donors (Lipinski definition) is 2. The number of nitrogen functional groups attached to an aromatic ring is 1. The highest BCUT2D eigenvalue weighted by Gasteiger charge is 2.21. The zero-order valence-electron chi connectivity index (χ0n) is 10.8. The first kappa shape index (κ1) is 14.9. The summed E-state index contributed by atoms with van der Waals surface area (Å²) in [5.74, 6) is 6.17. The average Bonchev–Trinajstić information content (AvgIpc) is 2.34. The number of fused-ring (bicyclic) bond motifs is 1. The van der Waals surface area contributed by atoms with Crippen LogP contribution in [0, 0.1) is 0 Å².